The number of methoxy groups -OCH3 is 2. The largest absolute Gasteiger partial charge is 0.497 e. The maximum absolute atomic E-state index is 5.81. The summed E-state index contributed by atoms with van der Waals surface area (Å²) in [5.41, 5.74) is 1.18. The second-order valence-electron chi connectivity index (χ2n) is 4.49. The molecule has 0 aliphatic heterocycles. The van der Waals surface area contributed by atoms with Crippen molar-refractivity contribution in [2.24, 2.45) is 0 Å². The van der Waals surface area contributed by atoms with Gasteiger partial charge in [-0.25, -0.2) is 0 Å². The first-order chi connectivity index (χ1) is 7.80. The van der Waals surface area contributed by atoms with E-state index in [2.05, 4.69) is 12.1 Å². The minimum absolute atomic E-state index is 0.0766. The summed E-state index contributed by atoms with van der Waals surface area (Å²) in [6.07, 6.45) is 6.08. The molecule has 0 heterocycles. The van der Waals surface area contributed by atoms with Gasteiger partial charge in [0, 0.05) is 7.11 Å². The highest BCUT2D eigenvalue weighted by Gasteiger charge is 2.33. The van der Waals surface area contributed by atoms with Crippen LogP contribution in [-0.2, 0) is 10.3 Å². The Morgan fingerprint density at radius 2 is 1.81 bits per heavy atom. The molecule has 2 nitrogen and oxygen atoms in total. The first-order valence-electron chi connectivity index (χ1n) is 6.00. The Morgan fingerprint density at radius 3 is 2.44 bits per heavy atom. The van der Waals surface area contributed by atoms with Crippen LogP contribution in [0.5, 0.6) is 5.75 Å². The van der Waals surface area contributed by atoms with Gasteiger partial charge in [0.15, 0.2) is 0 Å². The third-order valence-electron chi connectivity index (χ3n) is 3.65. The second-order valence-corrected chi connectivity index (χ2v) is 4.49. The highest BCUT2D eigenvalue weighted by molar-refractivity contribution is 5.32. The van der Waals surface area contributed by atoms with E-state index in [1.165, 1.54) is 24.8 Å². The van der Waals surface area contributed by atoms with Crippen LogP contribution in [0.4, 0.5) is 0 Å². The highest BCUT2D eigenvalue weighted by atomic mass is 16.5. The number of hydrogen-bond donors (Lipinski definition) is 0. The van der Waals surface area contributed by atoms with Crippen molar-refractivity contribution < 1.29 is 9.47 Å². The van der Waals surface area contributed by atoms with Crippen molar-refractivity contribution in [1.82, 2.24) is 0 Å². The third kappa shape index (κ3) is 2.07. The van der Waals surface area contributed by atoms with Crippen molar-refractivity contribution in [3.05, 3.63) is 29.8 Å². The fourth-order valence-electron chi connectivity index (χ4n) is 2.64. The third-order valence-corrected chi connectivity index (χ3v) is 3.65. The molecular weight excluding hydrogens is 200 g/mol. The van der Waals surface area contributed by atoms with Gasteiger partial charge in [0.1, 0.15) is 5.75 Å². The van der Waals surface area contributed by atoms with Gasteiger partial charge in [-0.05, 0) is 30.5 Å². The topological polar surface area (TPSA) is 18.5 Å². The molecule has 88 valence electrons. The molecule has 0 spiro atoms. The van der Waals surface area contributed by atoms with E-state index in [1.807, 2.05) is 19.2 Å². The molecule has 0 radical (unpaired) electrons. The predicted octanol–water partition coefficient (Wildman–Crippen LogP) is 3.50. The fraction of sp³-hybridized carbons (Fsp3) is 0.571. The average Bonchev–Trinajstić information content (AvgIpc) is 2.39. The van der Waals surface area contributed by atoms with E-state index in [1.54, 1.807) is 7.11 Å². The Morgan fingerprint density at radius 1 is 1.06 bits per heavy atom. The molecule has 0 unspecified atom stereocenters. The van der Waals surface area contributed by atoms with Crippen molar-refractivity contribution in [1.29, 1.82) is 0 Å². The molecule has 1 fully saturated rings. The Kier molecular flexibility index (Phi) is 3.49. The van der Waals surface area contributed by atoms with E-state index >= 15 is 0 Å². The Balaban J connectivity index is 2.31. The molecule has 0 saturated heterocycles. The van der Waals surface area contributed by atoms with E-state index in [9.17, 15) is 0 Å². The SMILES string of the molecule is COc1cccc(C2(OC)CCCCC2)c1. The zero-order chi connectivity index (χ0) is 11.4. The lowest BCUT2D eigenvalue weighted by molar-refractivity contribution is -0.0446. The maximum atomic E-state index is 5.81. The van der Waals surface area contributed by atoms with Gasteiger partial charge in [0.25, 0.3) is 0 Å². The maximum Gasteiger partial charge on any atom is 0.119 e. The van der Waals surface area contributed by atoms with Crippen LogP contribution in [0.25, 0.3) is 0 Å². The van der Waals surface area contributed by atoms with E-state index in [0.717, 1.165) is 18.6 Å². The van der Waals surface area contributed by atoms with Gasteiger partial charge >= 0.3 is 0 Å². The lowest BCUT2D eigenvalue weighted by Crippen LogP contribution is -2.31. The molecule has 0 aromatic heterocycles. The van der Waals surface area contributed by atoms with E-state index < -0.39 is 0 Å². The van der Waals surface area contributed by atoms with Crippen molar-refractivity contribution in [2.45, 2.75) is 37.7 Å². The van der Waals surface area contributed by atoms with Gasteiger partial charge in [-0.3, -0.25) is 0 Å². The lowest BCUT2D eigenvalue weighted by atomic mass is 9.79. The molecule has 0 atom stereocenters. The van der Waals surface area contributed by atoms with Crippen molar-refractivity contribution >= 4 is 0 Å². The van der Waals surface area contributed by atoms with Gasteiger partial charge in [0.05, 0.1) is 12.7 Å². The molecule has 2 rings (SSSR count). The monoisotopic (exact) mass is 220 g/mol. The zero-order valence-electron chi connectivity index (χ0n) is 10.2. The molecule has 1 aliphatic carbocycles. The number of hydrogen-bond acceptors (Lipinski definition) is 2. The molecule has 1 aliphatic rings. The fourth-order valence-corrected chi connectivity index (χ4v) is 2.64. The summed E-state index contributed by atoms with van der Waals surface area (Å²) in [4.78, 5) is 0. The Labute approximate surface area is 97.6 Å². The van der Waals surface area contributed by atoms with E-state index in [4.69, 9.17) is 9.47 Å². The quantitative estimate of drug-likeness (QED) is 0.776. The average molecular weight is 220 g/mol. The van der Waals surface area contributed by atoms with E-state index in [-0.39, 0.29) is 5.60 Å². The van der Waals surface area contributed by atoms with Crippen LogP contribution < -0.4 is 4.74 Å². The second kappa shape index (κ2) is 4.88. The smallest absolute Gasteiger partial charge is 0.119 e. The number of ether oxygens (including phenoxy) is 2. The summed E-state index contributed by atoms with van der Waals surface area (Å²) in [7, 11) is 3.53. The van der Waals surface area contributed by atoms with Crippen LogP contribution in [0, 0.1) is 0 Å². The van der Waals surface area contributed by atoms with Gasteiger partial charge in [-0.1, -0.05) is 31.4 Å². The lowest BCUT2D eigenvalue weighted by Gasteiger charge is -2.36. The molecule has 1 aromatic carbocycles. The summed E-state index contributed by atoms with van der Waals surface area (Å²) in [5.74, 6) is 0.916. The predicted molar refractivity (Wildman–Crippen MR) is 64.8 cm³/mol. The minimum Gasteiger partial charge on any atom is -0.497 e. The van der Waals surface area contributed by atoms with Crippen LogP contribution >= 0.6 is 0 Å². The first kappa shape index (κ1) is 11.5. The highest BCUT2D eigenvalue weighted by Crippen LogP contribution is 2.40. The normalized spacial score (nSPS) is 19.4. The molecule has 1 saturated carbocycles. The summed E-state index contributed by atoms with van der Waals surface area (Å²) >= 11 is 0. The molecule has 16 heavy (non-hydrogen) atoms. The molecular formula is C14H20O2. The molecule has 1 aromatic rings. The first-order valence-corrected chi connectivity index (χ1v) is 6.00. The van der Waals surface area contributed by atoms with Gasteiger partial charge in [0.2, 0.25) is 0 Å². The Hall–Kier alpha value is -1.02. The van der Waals surface area contributed by atoms with Crippen LogP contribution in [0.2, 0.25) is 0 Å². The van der Waals surface area contributed by atoms with Crippen molar-refractivity contribution in [3.8, 4) is 5.75 Å². The molecule has 2 heteroatoms. The van der Waals surface area contributed by atoms with Crippen molar-refractivity contribution in [3.63, 3.8) is 0 Å². The number of benzene rings is 1. The van der Waals surface area contributed by atoms with Gasteiger partial charge in [-0.15, -0.1) is 0 Å². The molecule has 0 N–H and O–H groups in total. The molecule has 0 amide bonds. The van der Waals surface area contributed by atoms with Crippen LogP contribution in [-0.4, -0.2) is 14.2 Å². The van der Waals surface area contributed by atoms with Crippen LogP contribution in [0.15, 0.2) is 24.3 Å². The van der Waals surface area contributed by atoms with Gasteiger partial charge < -0.3 is 9.47 Å². The number of rotatable bonds is 3. The summed E-state index contributed by atoms with van der Waals surface area (Å²) in [6.45, 7) is 0. The van der Waals surface area contributed by atoms with Crippen molar-refractivity contribution in [2.75, 3.05) is 14.2 Å². The van der Waals surface area contributed by atoms with Crippen LogP contribution in [0.1, 0.15) is 37.7 Å². The zero-order valence-corrected chi connectivity index (χ0v) is 10.2. The summed E-state index contributed by atoms with van der Waals surface area (Å²) in [5, 5.41) is 0. The minimum atomic E-state index is -0.0766. The summed E-state index contributed by atoms with van der Waals surface area (Å²) in [6, 6.07) is 8.28. The Bertz CT molecular complexity index is 340. The summed E-state index contributed by atoms with van der Waals surface area (Å²) < 4.78 is 11.1. The molecule has 0 bridgehead atoms. The standard InChI is InChI=1S/C14H20O2/c1-15-13-8-6-7-12(11-13)14(16-2)9-4-3-5-10-14/h6-8,11H,3-5,9-10H2,1-2H3. The van der Waals surface area contributed by atoms with Crippen LogP contribution in [0.3, 0.4) is 0 Å². The van der Waals surface area contributed by atoms with E-state index in [0.29, 0.717) is 0 Å². The van der Waals surface area contributed by atoms with Gasteiger partial charge in [-0.2, -0.15) is 0 Å².